The summed E-state index contributed by atoms with van der Waals surface area (Å²) in [7, 11) is 1.56. The summed E-state index contributed by atoms with van der Waals surface area (Å²) >= 11 is 0. The average Bonchev–Trinajstić information content (AvgIpc) is 2.38. The van der Waals surface area contributed by atoms with Crippen LogP contribution in [0.25, 0.3) is 0 Å². The van der Waals surface area contributed by atoms with E-state index in [2.05, 4.69) is 0 Å². The van der Waals surface area contributed by atoms with Crippen LogP contribution < -0.4 is 4.74 Å². The highest BCUT2D eigenvalue weighted by atomic mass is 16.5. The highest BCUT2D eigenvalue weighted by Crippen LogP contribution is 2.18. The molecule has 0 bridgehead atoms. The van der Waals surface area contributed by atoms with Gasteiger partial charge in [-0.3, -0.25) is 4.79 Å². The van der Waals surface area contributed by atoms with Gasteiger partial charge in [0.15, 0.2) is 0 Å². The number of rotatable bonds is 7. The van der Waals surface area contributed by atoms with Crippen LogP contribution in [0.3, 0.4) is 0 Å². The van der Waals surface area contributed by atoms with Crippen LogP contribution in [0.5, 0.6) is 5.75 Å². The van der Waals surface area contributed by atoms with E-state index in [1.807, 2.05) is 0 Å². The number of aliphatic hydroxyl groups excluding tert-OH is 2. The molecule has 1 rings (SSSR count). The quantitative estimate of drug-likeness (QED) is 0.666. The third-order valence-electron chi connectivity index (χ3n) is 2.76. The molecular weight excluding hydrogens is 236 g/mol. The fraction of sp³-hybridized carbons (Fsp3) is 0.462. The van der Waals surface area contributed by atoms with E-state index < -0.39 is 24.6 Å². The maximum Gasteiger partial charge on any atom is 0.306 e. The van der Waals surface area contributed by atoms with Gasteiger partial charge in [0.05, 0.1) is 25.7 Å². The first-order valence-electron chi connectivity index (χ1n) is 5.71. The minimum absolute atomic E-state index is 0.0395. The highest BCUT2D eigenvalue weighted by Gasteiger charge is 2.21. The molecule has 5 heteroatoms. The van der Waals surface area contributed by atoms with Gasteiger partial charge in [0.25, 0.3) is 0 Å². The SMILES string of the molecule is COc1ccc(CC(CC(O)CO)C(=O)O)cc1. The molecule has 0 heterocycles. The van der Waals surface area contributed by atoms with Crippen molar-refractivity contribution in [3.8, 4) is 5.75 Å². The minimum Gasteiger partial charge on any atom is -0.497 e. The lowest BCUT2D eigenvalue weighted by molar-refractivity contribution is -0.143. The second kappa shape index (κ2) is 6.98. The molecule has 3 N–H and O–H groups in total. The highest BCUT2D eigenvalue weighted by molar-refractivity contribution is 5.70. The van der Waals surface area contributed by atoms with Crippen molar-refractivity contribution in [2.45, 2.75) is 18.9 Å². The van der Waals surface area contributed by atoms with Crippen LogP contribution in [0.2, 0.25) is 0 Å². The topological polar surface area (TPSA) is 87.0 Å². The zero-order valence-corrected chi connectivity index (χ0v) is 10.2. The van der Waals surface area contributed by atoms with E-state index in [1.165, 1.54) is 0 Å². The fourth-order valence-electron chi connectivity index (χ4n) is 1.72. The van der Waals surface area contributed by atoms with Crippen LogP contribution in [-0.4, -0.2) is 41.1 Å². The maximum absolute atomic E-state index is 11.1. The minimum atomic E-state index is -0.996. The molecule has 0 spiro atoms. The van der Waals surface area contributed by atoms with Gasteiger partial charge in [-0.25, -0.2) is 0 Å². The summed E-state index contributed by atoms with van der Waals surface area (Å²) in [5.41, 5.74) is 0.855. The Bertz CT molecular complexity index is 373. The number of benzene rings is 1. The summed E-state index contributed by atoms with van der Waals surface area (Å²) in [5.74, 6) is -0.972. The predicted octanol–water partition coefficient (Wildman–Crippen LogP) is 0.682. The van der Waals surface area contributed by atoms with Gasteiger partial charge in [0.1, 0.15) is 5.75 Å². The summed E-state index contributed by atoms with van der Waals surface area (Å²) in [4.78, 5) is 11.1. The van der Waals surface area contributed by atoms with Crippen LogP contribution in [-0.2, 0) is 11.2 Å². The zero-order valence-electron chi connectivity index (χ0n) is 10.2. The Balaban J connectivity index is 2.67. The third-order valence-corrected chi connectivity index (χ3v) is 2.76. The van der Waals surface area contributed by atoms with Crippen molar-refractivity contribution in [1.82, 2.24) is 0 Å². The van der Waals surface area contributed by atoms with E-state index in [0.717, 1.165) is 5.56 Å². The van der Waals surface area contributed by atoms with Gasteiger partial charge in [-0.1, -0.05) is 12.1 Å². The van der Waals surface area contributed by atoms with Gasteiger partial charge >= 0.3 is 5.97 Å². The molecule has 18 heavy (non-hydrogen) atoms. The van der Waals surface area contributed by atoms with E-state index in [1.54, 1.807) is 31.4 Å². The first-order chi connectivity index (χ1) is 8.56. The number of hydrogen-bond acceptors (Lipinski definition) is 4. The lowest BCUT2D eigenvalue weighted by Gasteiger charge is -2.15. The van der Waals surface area contributed by atoms with E-state index in [-0.39, 0.29) is 6.42 Å². The Kier molecular flexibility index (Phi) is 5.61. The number of carbonyl (C=O) groups is 1. The van der Waals surface area contributed by atoms with Gasteiger partial charge in [-0.2, -0.15) is 0 Å². The van der Waals surface area contributed by atoms with Crippen molar-refractivity contribution in [3.05, 3.63) is 29.8 Å². The Morgan fingerprint density at radius 3 is 2.39 bits per heavy atom. The molecule has 0 aliphatic carbocycles. The maximum atomic E-state index is 11.1. The Morgan fingerprint density at radius 2 is 1.94 bits per heavy atom. The standard InChI is InChI=1S/C13H18O5/c1-18-12-4-2-9(3-5-12)6-10(13(16)17)7-11(15)8-14/h2-5,10-11,14-15H,6-8H2,1H3,(H,16,17). The van der Waals surface area contributed by atoms with Crippen molar-refractivity contribution in [2.24, 2.45) is 5.92 Å². The van der Waals surface area contributed by atoms with E-state index >= 15 is 0 Å². The van der Waals surface area contributed by atoms with Gasteiger partial charge in [-0.15, -0.1) is 0 Å². The Hall–Kier alpha value is -1.59. The molecule has 100 valence electrons. The number of aliphatic hydroxyl groups is 2. The molecule has 0 aliphatic heterocycles. The summed E-state index contributed by atoms with van der Waals surface area (Å²) < 4.78 is 5.01. The molecule has 5 nitrogen and oxygen atoms in total. The average molecular weight is 254 g/mol. The summed E-state index contributed by atoms with van der Waals surface area (Å²) in [6.07, 6.45) is -0.641. The second-order valence-electron chi connectivity index (χ2n) is 4.16. The molecule has 2 unspecified atom stereocenters. The molecule has 0 fully saturated rings. The lowest BCUT2D eigenvalue weighted by atomic mass is 9.94. The van der Waals surface area contributed by atoms with E-state index in [4.69, 9.17) is 14.9 Å². The number of aliphatic carboxylic acids is 1. The molecular formula is C13H18O5. The summed E-state index contributed by atoms with van der Waals surface area (Å²) in [6.45, 7) is -0.424. The molecule has 0 radical (unpaired) electrons. The van der Waals surface area contributed by atoms with Crippen LogP contribution >= 0.6 is 0 Å². The van der Waals surface area contributed by atoms with Crippen LogP contribution in [0.4, 0.5) is 0 Å². The van der Waals surface area contributed by atoms with Crippen molar-refractivity contribution in [1.29, 1.82) is 0 Å². The van der Waals surface area contributed by atoms with Crippen molar-refractivity contribution >= 4 is 5.97 Å². The third kappa shape index (κ3) is 4.35. The number of carboxylic acid groups (broad SMARTS) is 1. The fourth-order valence-corrected chi connectivity index (χ4v) is 1.72. The zero-order chi connectivity index (χ0) is 13.5. The van der Waals surface area contributed by atoms with Gasteiger partial charge in [-0.05, 0) is 30.5 Å². The summed E-state index contributed by atoms with van der Waals surface area (Å²) in [6, 6.07) is 7.10. The lowest BCUT2D eigenvalue weighted by Crippen LogP contribution is -2.24. The molecule has 1 aromatic carbocycles. The molecule has 0 saturated heterocycles. The monoisotopic (exact) mass is 254 g/mol. The van der Waals surface area contributed by atoms with Crippen LogP contribution in [0.15, 0.2) is 24.3 Å². The predicted molar refractivity (Wildman–Crippen MR) is 65.5 cm³/mol. The molecule has 0 amide bonds. The van der Waals surface area contributed by atoms with E-state index in [0.29, 0.717) is 12.2 Å². The number of methoxy groups -OCH3 is 1. The smallest absolute Gasteiger partial charge is 0.306 e. The first-order valence-corrected chi connectivity index (χ1v) is 5.71. The number of ether oxygens (including phenoxy) is 1. The second-order valence-corrected chi connectivity index (χ2v) is 4.16. The van der Waals surface area contributed by atoms with Crippen LogP contribution in [0, 0.1) is 5.92 Å². The largest absolute Gasteiger partial charge is 0.497 e. The Labute approximate surface area is 106 Å². The summed E-state index contributed by atoms with van der Waals surface area (Å²) in [5, 5.41) is 27.1. The van der Waals surface area contributed by atoms with Crippen LogP contribution in [0.1, 0.15) is 12.0 Å². The van der Waals surface area contributed by atoms with Gasteiger partial charge in [0, 0.05) is 0 Å². The number of hydrogen-bond donors (Lipinski definition) is 3. The van der Waals surface area contributed by atoms with E-state index in [9.17, 15) is 9.90 Å². The Morgan fingerprint density at radius 1 is 1.33 bits per heavy atom. The molecule has 0 aromatic heterocycles. The van der Waals surface area contributed by atoms with Crippen molar-refractivity contribution in [3.63, 3.8) is 0 Å². The van der Waals surface area contributed by atoms with Crippen molar-refractivity contribution < 1.29 is 24.9 Å². The van der Waals surface area contributed by atoms with Gasteiger partial charge in [0.2, 0.25) is 0 Å². The number of carboxylic acids is 1. The van der Waals surface area contributed by atoms with Gasteiger partial charge < -0.3 is 20.1 Å². The normalized spacial score (nSPS) is 13.9. The van der Waals surface area contributed by atoms with Crippen molar-refractivity contribution in [2.75, 3.05) is 13.7 Å². The molecule has 0 saturated carbocycles. The molecule has 1 aromatic rings. The molecule has 0 aliphatic rings. The molecule has 2 atom stereocenters. The first kappa shape index (κ1) is 14.5.